The summed E-state index contributed by atoms with van der Waals surface area (Å²) < 4.78 is 18.1. The van der Waals surface area contributed by atoms with E-state index in [4.69, 9.17) is 16.6 Å². The second kappa shape index (κ2) is 8.92. The van der Waals surface area contributed by atoms with Gasteiger partial charge in [0.25, 0.3) is 11.8 Å². The van der Waals surface area contributed by atoms with Crippen LogP contribution in [0.3, 0.4) is 0 Å². The van der Waals surface area contributed by atoms with Crippen LogP contribution in [0.2, 0.25) is 0 Å². The minimum absolute atomic E-state index is 0.0578. The van der Waals surface area contributed by atoms with Crippen LogP contribution in [0.5, 0.6) is 0 Å². The molecule has 142 valence electrons. The van der Waals surface area contributed by atoms with Gasteiger partial charge in [-0.15, -0.1) is 0 Å². The zero-order valence-electron chi connectivity index (χ0n) is 14.6. The molecule has 0 bridgehead atoms. The zero-order chi connectivity index (χ0) is 19.9. The summed E-state index contributed by atoms with van der Waals surface area (Å²) in [6, 6.07) is 15.3. The van der Waals surface area contributed by atoms with E-state index in [2.05, 4.69) is 16.0 Å². The van der Waals surface area contributed by atoms with Crippen LogP contribution in [0.4, 0.5) is 10.1 Å². The number of thiocarbonyl (C=S) groups is 1. The van der Waals surface area contributed by atoms with Gasteiger partial charge in [0.05, 0.1) is 12.8 Å². The number of halogens is 1. The van der Waals surface area contributed by atoms with Crippen LogP contribution in [0, 0.1) is 5.82 Å². The maximum absolute atomic E-state index is 12.9. The third-order valence-corrected chi connectivity index (χ3v) is 3.92. The van der Waals surface area contributed by atoms with Gasteiger partial charge in [-0.2, -0.15) is 0 Å². The molecule has 0 unspecified atom stereocenters. The lowest BCUT2D eigenvalue weighted by Gasteiger charge is -2.11. The maximum atomic E-state index is 12.9. The molecule has 1 heterocycles. The predicted octanol–water partition coefficient (Wildman–Crippen LogP) is 3.48. The minimum Gasteiger partial charge on any atom is -0.467 e. The molecule has 0 aliphatic rings. The molecule has 3 rings (SSSR count). The normalized spacial score (nSPS) is 10.2. The van der Waals surface area contributed by atoms with Crippen molar-refractivity contribution in [2.45, 2.75) is 6.54 Å². The van der Waals surface area contributed by atoms with Crippen molar-refractivity contribution in [1.29, 1.82) is 0 Å². The molecule has 0 radical (unpaired) electrons. The summed E-state index contributed by atoms with van der Waals surface area (Å²) in [7, 11) is 0. The van der Waals surface area contributed by atoms with Crippen LogP contribution in [0.1, 0.15) is 26.5 Å². The van der Waals surface area contributed by atoms with E-state index in [1.54, 1.807) is 36.4 Å². The summed E-state index contributed by atoms with van der Waals surface area (Å²) >= 11 is 5.12. The number of carbonyl (C=O) groups is 2. The van der Waals surface area contributed by atoms with Gasteiger partial charge in [-0.05, 0) is 66.8 Å². The number of furan rings is 1. The summed E-state index contributed by atoms with van der Waals surface area (Å²) in [6.45, 7) is 0.273. The van der Waals surface area contributed by atoms with Crippen LogP contribution in [-0.2, 0) is 6.54 Å². The molecule has 8 heteroatoms. The molecule has 3 N–H and O–H groups in total. The lowest BCUT2D eigenvalue weighted by Crippen LogP contribution is -2.34. The lowest BCUT2D eigenvalue weighted by atomic mass is 10.2. The van der Waals surface area contributed by atoms with E-state index >= 15 is 0 Å². The quantitative estimate of drug-likeness (QED) is 0.574. The first kappa shape index (κ1) is 19.2. The fraction of sp³-hybridized carbons (Fsp3) is 0.0500. The van der Waals surface area contributed by atoms with E-state index in [0.29, 0.717) is 17.0 Å². The van der Waals surface area contributed by atoms with E-state index in [9.17, 15) is 14.0 Å². The van der Waals surface area contributed by atoms with Crippen molar-refractivity contribution in [1.82, 2.24) is 10.6 Å². The van der Waals surface area contributed by atoms with Gasteiger partial charge >= 0.3 is 0 Å². The highest BCUT2D eigenvalue weighted by molar-refractivity contribution is 7.80. The summed E-state index contributed by atoms with van der Waals surface area (Å²) in [4.78, 5) is 24.3. The Kier molecular flexibility index (Phi) is 6.13. The van der Waals surface area contributed by atoms with Crippen molar-refractivity contribution < 1.29 is 18.4 Å². The molecule has 0 fully saturated rings. The van der Waals surface area contributed by atoms with Crippen LogP contribution in [0.25, 0.3) is 0 Å². The zero-order valence-corrected chi connectivity index (χ0v) is 15.4. The third kappa shape index (κ3) is 5.24. The number of benzene rings is 2. The topological polar surface area (TPSA) is 83.4 Å². The molecule has 0 saturated carbocycles. The summed E-state index contributed by atoms with van der Waals surface area (Å²) in [6.07, 6.45) is 1.53. The van der Waals surface area contributed by atoms with Crippen LogP contribution < -0.4 is 16.0 Å². The van der Waals surface area contributed by atoms with E-state index < -0.39 is 11.7 Å². The second-order valence-electron chi connectivity index (χ2n) is 5.76. The summed E-state index contributed by atoms with van der Waals surface area (Å²) in [5.41, 5.74) is 1.23. The van der Waals surface area contributed by atoms with Gasteiger partial charge < -0.3 is 15.1 Å². The highest BCUT2D eigenvalue weighted by atomic mass is 32.1. The van der Waals surface area contributed by atoms with Crippen molar-refractivity contribution in [3.05, 3.63) is 89.6 Å². The Hall–Kier alpha value is -3.52. The Bertz CT molecular complexity index is 988. The van der Waals surface area contributed by atoms with Crippen molar-refractivity contribution in [3.63, 3.8) is 0 Å². The Labute approximate surface area is 165 Å². The van der Waals surface area contributed by atoms with Gasteiger partial charge in [-0.3, -0.25) is 14.9 Å². The first-order chi connectivity index (χ1) is 13.5. The highest BCUT2D eigenvalue weighted by Gasteiger charge is 2.10. The molecule has 2 aromatic carbocycles. The first-order valence-electron chi connectivity index (χ1n) is 8.30. The number of amides is 2. The number of hydrogen-bond donors (Lipinski definition) is 3. The van der Waals surface area contributed by atoms with E-state index in [1.807, 2.05) is 0 Å². The molecule has 28 heavy (non-hydrogen) atoms. The maximum Gasteiger partial charge on any atom is 0.257 e. The third-order valence-electron chi connectivity index (χ3n) is 3.72. The Morgan fingerprint density at radius 3 is 2.46 bits per heavy atom. The van der Waals surface area contributed by atoms with Crippen LogP contribution in [0.15, 0.2) is 71.3 Å². The predicted molar refractivity (Wildman–Crippen MR) is 106 cm³/mol. The summed E-state index contributed by atoms with van der Waals surface area (Å²) in [5.74, 6) is -0.530. The molecule has 1 aromatic heterocycles. The fourth-order valence-corrected chi connectivity index (χ4v) is 2.57. The number of nitrogens with one attached hydrogen (secondary N) is 3. The minimum atomic E-state index is -0.468. The van der Waals surface area contributed by atoms with E-state index in [1.165, 1.54) is 30.5 Å². The molecular weight excluding hydrogens is 381 g/mol. The van der Waals surface area contributed by atoms with Crippen molar-refractivity contribution in [3.8, 4) is 0 Å². The SMILES string of the molecule is O=C(NCc1ccco1)c1cccc(NC(=S)NC(=O)c2ccc(F)cc2)c1. The average Bonchev–Trinajstić information content (AvgIpc) is 3.20. The van der Waals surface area contributed by atoms with Gasteiger partial charge in [-0.25, -0.2) is 4.39 Å². The standard InChI is InChI=1S/C20H16FN3O3S/c21-15-8-6-13(7-9-15)19(26)24-20(28)23-16-4-1-3-14(11-16)18(25)22-12-17-5-2-10-27-17/h1-11H,12H2,(H,22,25)(H2,23,24,26,28). The number of rotatable bonds is 5. The molecule has 2 amide bonds. The molecule has 0 atom stereocenters. The number of anilines is 1. The van der Waals surface area contributed by atoms with Crippen LogP contribution >= 0.6 is 12.2 Å². The highest BCUT2D eigenvalue weighted by Crippen LogP contribution is 2.11. The first-order valence-corrected chi connectivity index (χ1v) is 8.70. The Morgan fingerprint density at radius 2 is 1.75 bits per heavy atom. The second-order valence-corrected chi connectivity index (χ2v) is 6.17. The molecule has 6 nitrogen and oxygen atoms in total. The molecule has 0 spiro atoms. The average molecular weight is 397 g/mol. The van der Waals surface area contributed by atoms with Crippen molar-refractivity contribution in [2.75, 3.05) is 5.32 Å². The van der Waals surface area contributed by atoms with E-state index in [0.717, 1.165) is 0 Å². The van der Waals surface area contributed by atoms with Crippen molar-refractivity contribution >= 4 is 34.8 Å². The molecule has 0 aliphatic heterocycles. The Morgan fingerprint density at radius 1 is 0.964 bits per heavy atom. The van der Waals surface area contributed by atoms with E-state index in [-0.39, 0.29) is 23.1 Å². The molecule has 3 aromatic rings. The number of carbonyl (C=O) groups excluding carboxylic acids is 2. The van der Waals surface area contributed by atoms with Gasteiger partial charge in [0, 0.05) is 16.8 Å². The molecule has 0 aliphatic carbocycles. The fourth-order valence-electron chi connectivity index (χ4n) is 2.36. The largest absolute Gasteiger partial charge is 0.467 e. The summed E-state index contributed by atoms with van der Waals surface area (Å²) in [5, 5.41) is 8.15. The van der Waals surface area contributed by atoms with Gasteiger partial charge in [-0.1, -0.05) is 6.07 Å². The van der Waals surface area contributed by atoms with Gasteiger partial charge in [0.1, 0.15) is 11.6 Å². The lowest BCUT2D eigenvalue weighted by molar-refractivity contribution is 0.0946. The Balaban J connectivity index is 1.57. The monoisotopic (exact) mass is 397 g/mol. The van der Waals surface area contributed by atoms with Gasteiger partial charge in [0.2, 0.25) is 0 Å². The molecule has 0 saturated heterocycles. The smallest absolute Gasteiger partial charge is 0.257 e. The van der Waals surface area contributed by atoms with Crippen molar-refractivity contribution in [2.24, 2.45) is 0 Å². The van der Waals surface area contributed by atoms with Gasteiger partial charge in [0.15, 0.2) is 5.11 Å². The number of hydrogen-bond acceptors (Lipinski definition) is 4. The van der Waals surface area contributed by atoms with Crippen LogP contribution in [-0.4, -0.2) is 16.9 Å². The molecular formula is C20H16FN3O3S.